The number of alkyl halides is 3. The second-order valence-electron chi connectivity index (χ2n) is 4.76. The highest BCUT2D eigenvalue weighted by atomic mass is 35.5. The quantitative estimate of drug-likeness (QED) is 0.897. The Hall–Kier alpha value is -1.31. The summed E-state index contributed by atoms with van der Waals surface area (Å²) in [7, 11) is 0. The van der Waals surface area contributed by atoms with Crippen molar-refractivity contribution in [3.63, 3.8) is 0 Å². The third-order valence-electron chi connectivity index (χ3n) is 3.14. The van der Waals surface area contributed by atoms with Gasteiger partial charge in [-0.25, -0.2) is 0 Å². The molecule has 0 bridgehead atoms. The van der Waals surface area contributed by atoms with Crippen molar-refractivity contribution < 1.29 is 18.0 Å². The topological polar surface area (TPSA) is 44.4 Å². The number of hydrogen-bond acceptors (Lipinski definition) is 3. The maximum absolute atomic E-state index is 12.9. The fourth-order valence-corrected chi connectivity index (χ4v) is 2.29. The van der Waals surface area contributed by atoms with E-state index >= 15 is 0 Å². The second-order valence-corrected chi connectivity index (χ2v) is 5.20. The summed E-state index contributed by atoms with van der Waals surface area (Å²) >= 11 is 5.59. The van der Waals surface area contributed by atoms with E-state index in [9.17, 15) is 18.0 Å². The predicted octanol–water partition coefficient (Wildman–Crippen LogP) is 2.20. The Labute approximate surface area is 125 Å². The SMILES string of the molecule is O=C(CN1CCNCC1)Nc1ccc(Cl)cc1C(F)(F)F. The lowest BCUT2D eigenvalue weighted by Gasteiger charge is -2.26. The minimum atomic E-state index is -4.57. The molecular formula is C13H15ClF3N3O. The van der Waals surface area contributed by atoms with E-state index in [4.69, 9.17) is 11.6 Å². The highest BCUT2D eigenvalue weighted by Crippen LogP contribution is 2.36. The summed E-state index contributed by atoms with van der Waals surface area (Å²) in [5, 5.41) is 5.42. The Morgan fingerprint density at radius 2 is 2.00 bits per heavy atom. The van der Waals surface area contributed by atoms with Crippen LogP contribution in [0.1, 0.15) is 5.56 Å². The molecular weight excluding hydrogens is 307 g/mol. The first-order valence-corrected chi connectivity index (χ1v) is 6.84. The summed E-state index contributed by atoms with van der Waals surface area (Å²) in [6.07, 6.45) is -4.57. The highest BCUT2D eigenvalue weighted by molar-refractivity contribution is 6.30. The van der Waals surface area contributed by atoms with Crippen LogP contribution in [0, 0.1) is 0 Å². The molecule has 8 heteroatoms. The number of benzene rings is 1. The zero-order valence-corrected chi connectivity index (χ0v) is 11.9. The summed E-state index contributed by atoms with van der Waals surface area (Å²) in [6, 6.07) is 3.29. The number of piperazine rings is 1. The van der Waals surface area contributed by atoms with Crippen molar-refractivity contribution in [2.75, 3.05) is 38.0 Å². The standard InChI is InChI=1S/C13H15ClF3N3O/c14-9-1-2-11(10(7-9)13(15,16)17)19-12(21)8-20-5-3-18-4-6-20/h1-2,7,18H,3-6,8H2,(H,19,21). The van der Waals surface area contributed by atoms with E-state index in [1.54, 1.807) is 0 Å². The summed E-state index contributed by atoms with van der Waals surface area (Å²) in [5.41, 5.74) is -1.21. The molecule has 2 N–H and O–H groups in total. The van der Waals surface area contributed by atoms with Crippen molar-refractivity contribution >= 4 is 23.2 Å². The van der Waals surface area contributed by atoms with Crippen molar-refractivity contribution in [3.05, 3.63) is 28.8 Å². The van der Waals surface area contributed by atoms with Gasteiger partial charge in [0.1, 0.15) is 0 Å². The molecule has 116 valence electrons. The number of anilines is 1. The monoisotopic (exact) mass is 321 g/mol. The van der Waals surface area contributed by atoms with E-state index in [-0.39, 0.29) is 17.3 Å². The fraction of sp³-hybridized carbons (Fsp3) is 0.462. The normalized spacial score (nSPS) is 16.8. The largest absolute Gasteiger partial charge is 0.418 e. The van der Waals surface area contributed by atoms with Crippen LogP contribution in [-0.2, 0) is 11.0 Å². The molecule has 0 spiro atoms. The van der Waals surface area contributed by atoms with Crippen LogP contribution in [0.25, 0.3) is 0 Å². The van der Waals surface area contributed by atoms with E-state index in [0.29, 0.717) is 13.1 Å². The van der Waals surface area contributed by atoms with E-state index in [0.717, 1.165) is 19.2 Å². The molecule has 1 fully saturated rings. The third-order valence-corrected chi connectivity index (χ3v) is 3.37. The van der Waals surface area contributed by atoms with E-state index in [1.807, 2.05) is 4.90 Å². The zero-order chi connectivity index (χ0) is 15.5. The number of carbonyl (C=O) groups excluding carboxylic acids is 1. The van der Waals surface area contributed by atoms with E-state index in [2.05, 4.69) is 10.6 Å². The lowest BCUT2D eigenvalue weighted by Crippen LogP contribution is -2.46. The van der Waals surface area contributed by atoms with Crippen LogP contribution >= 0.6 is 11.6 Å². The lowest BCUT2D eigenvalue weighted by molar-refractivity contribution is -0.137. The van der Waals surface area contributed by atoms with Crippen LogP contribution in [0.3, 0.4) is 0 Å². The van der Waals surface area contributed by atoms with Crippen molar-refractivity contribution in [2.24, 2.45) is 0 Å². The van der Waals surface area contributed by atoms with Gasteiger partial charge in [-0.2, -0.15) is 13.2 Å². The van der Waals surface area contributed by atoms with Crippen molar-refractivity contribution in [1.82, 2.24) is 10.2 Å². The van der Waals surface area contributed by atoms with Crippen LogP contribution in [-0.4, -0.2) is 43.5 Å². The molecule has 4 nitrogen and oxygen atoms in total. The first-order chi connectivity index (χ1) is 9.86. The summed E-state index contributed by atoms with van der Waals surface area (Å²) < 4.78 is 38.7. The molecule has 0 aromatic heterocycles. The Kier molecular flexibility index (Phi) is 5.08. The maximum atomic E-state index is 12.9. The van der Waals surface area contributed by atoms with Gasteiger partial charge in [0.05, 0.1) is 17.8 Å². The number of amides is 1. The Morgan fingerprint density at radius 1 is 1.33 bits per heavy atom. The summed E-state index contributed by atoms with van der Waals surface area (Å²) in [6.45, 7) is 2.99. The first-order valence-electron chi connectivity index (χ1n) is 6.46. The molecule has 21 heavy (non-hydrogen) atoms. The first kappa shape index (κ1) is 16.1. The Balaban J connectivity index is 2.06. The molecule has 1 heterocycles. The second kappa shape index (κ2) is 6.64. The van der Waals surface area contributed by atoms with Crippen LogP contribution < -0.4 is 10.6 Å². The molecule has 0 aliphatic carbocycles. The lowest BCUT2D eigenvalue weighted by atomic mass is 10.1. The van der Waals surface area contributed by atoms with Crippen molar-refractivity contribution in [1.29, 1.82) is 0 Å². The number of nitrogens with zero attached hydrogens (tertiary/aromatic N) is 1. The number of hydrogen-bond donors (Lipinski definition) is 2. The molecule has 1 aliphatic heterocycles. The molecule has 1 amide bonds. The van der Waals surface area contributed by atoms with Crippen LogP contribution in [0.2, 0.25) is 5.02 Å². The Morgan fingerprint density at radius 3 is 2.62 bits per heavy atom. The van der Waals surface area contributed by atoms with Crippen LogP contribution in [0.4, 0.5) is 18.9 Å². The van der Waals surface area contributed by atoms with E-state index in [1.165, 1.54) is 12.1 Å². The molecule has 1 aromatic carbocycles. The smallest absolute Gasteiger partial charge is 0.324 e. The predicted molar refractivity (Wildman–Crippen MR) is 74.4 cm³/mol. The van der Waals surface area contributed by atoms with Crippen molar-refractivity contribution in [2.45, 2.75) is 6.18 Å². The average Bonchev–Trinajstić information content (AvgIpc) is 2.40. The van der Waals surface area contributed by atoms with Gasteiger partial charge in [0.15, 0.2) is 0 Å². The zero-order valence-electron chi connectivity index (χ0n) is 11.1. The van der Waals surface area contributed by atoms with Gasteiger partial charge in [-0.3, -0.25) is 9.69 Å². The van der Waals surface area contributed by atoms with Gasteiger partial charge in [0.2, 0.25) is 5.91 Å². The minimum absolute atomic E-state index is 0.0255. The van der Waals surface area contributed by atoms with Gasteiger partial charge >= 0.3 is 6.18 Å². The van der Waals surface area contributed by atoms with Crippen molar-refractivity contribution in [3.8, 4) is 0 Å². The number of nitrogens with one attached hydrogen (secondary N) is 2. The van der Waals surface area contributed by atoms with Gasteiger partial charge in [0.25, 0.3) is 0 Å². The average molecular weight is 322 g/mol. The molecule has 1 saturated heterocycles. The molecule has 0 radical (unpaired) electrons. The number of rotatable bonds is 3. The minimum Gasteiger partial charge on any atom is -0.324 e. The van der Waals surface area contributed by atoms with Gasteiger partial charge in [-0.15, -0.1) is 0 Å². The van der Waals surface area contributed by atoms with Crippen LogP contribution in [0.15, 0.2) is 18.2 Å². The molecule has 1 aromatic rings. The summed E-state index contributed by atoms with van der Waals surface area (Å²) in [5.74, 6) is -0.468. The molecule has 0 atom stereocenters. The molecule has 2 rings (SSSR count). The third kappa shape index (κ3) is 4.59. The fourth-order valence-electron chi connectivity index (χ4n) is 2.12. The number of carbonyl (C=O) groups is 1. The highest BCUT2D eigenvalue weighted by Gasteiger charge is 2.34. The number of halogens is 4. The molecule has 0 unspecified atom stereocenters. The maximum Gasteiger partial charge on any atom is 0.418 e. The summed E-state index contributed by atoms with van der Waals surface area (Å²) in [4.78, 5) is 13.8. The van der Waals surface area contributed by atoms with Gasteiger partial charge in [-0.05, 0) is 18.2 Å². The van der Waals surface area contributed by atoms with Gasteiger partial charge < -0.3 is 10.6 Å². The van der Waals surface area contributed by atoms with E-state index < -0.39 is 17.6 Å². The molecule has 0 saturated carbocycles. The van der Waals surface area contributed by atoms with Crippen LogP contribution in [0.5, 0.6) is 0 Å². The van der Waals surface area contributed by atoms with Gasteiger partial charge in [0, 0.05) is 31.2 Å². The Bertz CT molecular complexity index is 516. The van der Waals surface area contributed by atoms with Gasteiger partial charge in [-0.1, -0.05) is 11.6 Å². The molecule has 1 aliphatic rings.